The van der Waals surface area contributed by atoms with Gasteiger partial charge in [0.1, 0.15) is 11.2 Å². The van der Waals surface area contributed by atoms with E-state index in [1.807, 2.05) is 6.07 Å². The Bertz CT molecular complexity index is 3220. The molecule has 0 saturated carbocycles. The molecule has 0 aliphatic heterocycles. The van der Waals surface area contributed by atoms with E-state index in [0.717, 1.165) is 55.8 Å². The lowest BCUT2D eigenvalue weighted by molar-refractivity contribution is 0.670. The second kappa shape index (κ2) is 13.6. The number of aromatic nitrogens is 1. The summed E-state index contributed by atoms with van der Waals surface area (Å²) in [6.07, 6.45) is 0. The largest absolute Gasteiger partial charge is 0.455 e. The van der Waals surface area contributed by atoms with Gasteiger partial charge in [-0.25, -0.2) is 0 Å². The lowest BCUT2D eigenvalue weighted by atomic mass is 10.00. The summed E-state index contributed by atoms with van der Waals surface area (Å²) < 4.78 is 9.11. The average molecular weight is 729 g/mol. The summed E-state index contributed by atoms with van der Waals surface area (Å²) in [7, 11) is 0. The molecule has 57 heavy (non-hydrogen) atoms. The smallest absolute Gasteiger partial charge is 0.143 e. The molecule has 0 atom stereocenters. The van der Waals surface area contributed by atoms with Crippen molar-refractivity contribution in [3.63, 3.8) is 0 Å². The molecule has 0 N–H and O–H groups in total. The summed E-state index contributed by atoms with van der Waals surface area (Å²) in [6.45, 7) is 0. The second-order valence-corrected chi connectivity index (χ2v) is 14.6. The lowest BCUT2D eigenvalue weighted by Gasteiger charge is -2.26. The van der Waals surface area contributed by atoms with E-state index in [1.54, 1.807) is 0 Å². The molecule has 268 valence electrons. The number of fused-ring (bicyclic) bond motifs is 6. The van der Waals surface area contributed by atoms with E-state index in [1.165, 1.54) is 44.1 Å². The molecule has 0 radical (unpaired) electrons. The predicted octanol–water partition coefficient (Wildman–Crippen LogP) is 15.2. The predicted molar refractivity (Wildman–Crippen MR) is 239 cm³/mol. The van der Waals surface area contributed by atoms with Crippen LogP contribution in [-0.2, 0) is 0 Å². The van der Waals surface area contributed by atoms with Crippen LogP contribution in [0, 0.1) is 0 Å². The van der Waals surface area contributed by atoms with Gasteiger partial charge in [0.2, 0.25) is 0 Å². The molecule has 0 aliphatic carbocycles. The van der Waals surface area contributed by atoms with Crippen LogP contribution in [0.15, 0.2) is 223 Å². The zero-order valence-corrected chi connectivity index (χ0v) is 31.1. The van der Waals surface area contributed by atoms with Crippen molar-refractivity contribution in [3.05, 3.63) is 218 Å². The Balaban J connectivity index is 1.08. The summed E-state index contributed by atoms with van der Waals surface area (Å²) in [4.78, 5) is 2.32. The third-order valence-corrected chi connectivity index (χ3v) is 11.2. The maximum absolute atomic E-state index is 6.70. The Hall–Kier alpha value is -7.62. The highest BCUT2D eigenvalue weighted by Gasteiger charge is 2.20. The number of hydrogen-bond acceptors (Lipinski definition) is 2. The van der Waals surface area contributed by atoms with Gasteiger partial charge in [-0.05, 0) is 101 Å². The van der Waals surface area contributed by atoms with E-state index in [2.05, 4.69) is 222 Å². The fourth-order valence-corrected chi connectivity index (χ4v) is 8.49. The van der Waals surface area contributed by atoms with Crippen molar-refractivity contribution in [1.82, 2.24) is 4.57 Å². The molecule has 0 aliphatic rings. The first-order valence-electron chi connectivity index (χ1n) is 19.4. The zero-order valence-electron chi connectivity index (χ0n) is 31.1. The molecule has 0 fully saturated rings. The van der Waals surface area contributed by atoms with E-state index >= 15 is 0 Å². The van der Waals surface area contributed by atoms with E-state index in [4.69, 9.17) is 4.42 Å². The second-order valence-electron chi connectivity index (χ2n) is 14.6. The summed E-state index contributed by atoms with van der Waals surface area (Å²) in [5.41, 5.74) is 15.4. The number of rotatable bonds is 7. The molecular weight excluding hydrogens is 693 g/mol. The van der Waals surface area contributed by atoms with Gasteiger partial charge in [-0.15, -0.1) is 0 Å². The summed E-state index contributed by atoms with van der Waals surface area (Å²) in [6, 6.07) is 78.0. The van der Waals surface area contributed by atoms with Crippen LogP contribution < -0.4 is 4.90 Å². The topological polar surface area (TPSA) is 21.3 Å². The number of anilines is 3. The van der Waals surface area contributed by atoms with Crippen molar-refractivity contribution >= 4 is 60.8 Å². The Kier molecular flexibility index (Phi) is 7.82. The van der Waals surface area contributed by atoms with Crippen LogP contribution in [-0.4, -0.2) is 4.57 Å². The number of benzene rings is 9. The third kappa shape index (κ3) is 5.68. The van der Waals surface area contributed by atoms with Crippen molar-refractivity contribution in [1.29, 1.82) is 0 Å². The summed E-state index contributed by atoms with van der Waals surface area (Å²) in [5, 5.41) is 4.66. The monoisotopic (exact) mass is 728 g/mol. The standard InChI is InChI=1S/C54H36N2O/c1-4-15-37(16-5-1)40-19-14-22-44(33-40)55(42-20-8-3-9-21-42)43-30-27-39(28-31-43)48-35-45(36-50-47-24-11-13-26-53(47)57-54(48)50)56-51-25-12-10-23-46(51)49-34-41(29-32-52(49)56)38-17-6-2-7-18-38/h1-36H. The van der Waals surface area contributed by atoms with Crippen molar-refractivity contribution in [3.8, 4) is 39.1 Å². The molecule has 0 saturated heterocycles. The highest BCUT2D eigenvalue weighted by molar-refractivity contribution is 6.13. The highest BCUT2D eigenvalue weighted by atomic mass is 16.3. The molecule has 11 aromatic rings. The molecule has 0 spiro atoms. The first kappa shape index (κ1) is 32.8. The van der Waals surface area contributed by atoms with Crippen molar-refractivity contribution in [2.75, 3.05) is 4.90 Å². The fourth-order valence-electron chi connectivity index (χ4n) is 8.49. The highest BCUT2D eigenvalue weighted by Crippen LogP contribution is 2.43. The minimum absolute atomic E-state index is 0.880. The zero-order chi connectivity index (χ0) is 37.7. The van der Waals surface area contributed by atoms with Gasteiger partial charge in [0, 0.05) is 49.9 Å². The number of para-hydroxylation sites is 3. The molecule has 9 aromatic carbocycles. The van der Waals surface area contributed by atoms with Gasteiger partial charge in [0.15, 0.2) is 0 Å². The molecule has 3 heteroatoms. The average Bonchev–Trinajstić information content (AvgIpc) is 3.83. The van der Waals surface area contributed by atoms with Gasteiger partial charge < -0.3 is 13.9 Å². The first-order chi connectivity index (χ1) is 28.3. The molecule has 0 unspecified atom stereocenters. The van der Waals surface area contributed by atoms with E-state index in [0.29, 0.717) is 0 Å². The summed E-state index contributed by atoms with van der Waals surface area (Å²) >= 11 is 0. The first-order valence-corrected chi connectivity index (χ1v) is 19.4. The molecule has 11 rings (SSSR count). The molecule has 2 heterocycles. The molecule has 0 amide bonds. The van der Waals surface area contributed by atoms with Crippen LogP contribution in [0.5, 0.6) is 0 Å². The lowest BCUT2D eigenvalue weighted by Crippen LogP contribution is -2.09. The van der Waals surface area contributed by atoms with Gasteiger partial charge in [-0.1, -0.05) is 146 Å². The Morgan fingerprint density at radius 3 is 1.65 bits per heavy atom. The molecular formula is C54H36N2O. The fraction of sp³-hybridized carbons (Fsp3) is 0. The van der Waals surface area contributed by atoms with Gasteiger partial charge in [0.25, 0.3) is 0 Å². The third-order valence-electron chi connectivity index (χ3n) is 11.2. The van der Waals surface area contributed by atoms with Crippen LogP contribution in [0.25, 0.3) is 82.8 Å². The molecule has 2 aromatic heterocycles. The van der Waals surface area contributed by atoms with Gasteiger partial charge in [0.05, 0.1) is 11.0 Å². The van der Waals surface area contributed by atoms with Crippen LogP contribution >= 0.6 is 0 Å². The molecule has 3 nitrogen and oxygen atoms in total. The number of furan rings is 1. The van der Waals surface area contributed by atoms with E-state index in [9.17, 15) is 0 Å². The maximum atomic E-state index is 6.70. The van der Waals surface area contributed by atoms with Crippen molar-refractivity contribution in [2.45, 2.75) is 0 Å². The minimum atomic E-state index is 0.880. The van der Waals surface area contributed by atoms with Crippen LogP contribution in [0.3, 0.4) is 0 Å². The van der Waals surface area contributed by atoms with Crippen LogP contribution in [0.1, 0.15) is 0 Å². The van der Waals surface area contributed by atoms with Crippen LogP contribution in [0.2, 0.25) is 0 Å². The SMILES string of the molecule is c1ccc(-c2cccc(N(c3ccccc3)c3ccc(-c4cc(-n5c6ccccc6c6cc(-c7ccccc7)ccc65)cc5c4oc4ccccc45)cc3)c2)cc1. The Labute approximate surface area is 330 Å². The molecule has 0 bridgehead atoms. The quantitative estimate of drug-likeness (QED) is 0.163. The van der Waals surface area contributed by atoms with Gasteiger partial charge >= 0.3 is 0 Å². The van der Waals surface area contributed by atoms with E-state index < -0.39 is 0 Å². The number of nitrogens with zero attached hydrogens (tertiary/aromatic N) is 2. The maximum Gasteiger partial charge on any atom is 0.143 e. The number of hydrogen-bond donors (Lipinski definition) is 0. The minimum Gasteiger partial charge on any atom is -0.455 e. The van der Waals surface area contributed by atoms with Gasteiger partial charge in [-0.2, -0.15) is 0 Å². The summed E-state index contributed by atoms with van der Waals surface area (Å²) in [5.74, 6) is 0. The Morgan fingerprint density at radius 2 is 0.895 bits per heavy atom. The van der Waals surface area contributed by atoms with Crippen molar-refractivity contribution in [2.24, 2.45) is 0 Å². The van der Waals surface area contributed by atoms with Gasteiger partial charge in [-0.3, -0.25) is 0 Å². The Morgan fingerprint density at radius 1 is 0.333 bits per heavy atom. The van der Waals surface area contributed by atoms with E-state index in [-0.39, 0.29) is 0 Å². The van der Waals surface area contributed by atoms with Crippen LogP contribution in [0.4, 0.5) is 17.1 Å². The van der Waals surface area contributed by atoms with Crippen molar-refractivity contribution < 1.29 is 4.42 Å². The normalized spacial score (nSPS) is 11.5.